The maximum Gasteiger partial charge on any atom is 0.262 e. The van der Waals surface area contributed by atoms with E-state index in [9.17, 15) is 18.4 Å². The molecule has 1 aromatic carbocycles. The van der Waals surface area contributed by atoms with Crippen LogP contribution in [-0.2, 0) is 9.59 Å². The predicted molar refractivity (Wildman–Crippen MR) is 94.9 cm³/mol. The van der Waals surface area contributed by atoms with Crippen LogP contribution in [0.25, 0.3) is 0 Å². The molecule has 6 nitrogen and oxygen atoms in total. The number of alkyl halides is 2. The van der Waals surface area contributed by atoms with Gasteiger partial charge in [0.2, 0.25) is 5.91 Å². The fourth-order valence-corrected chi connectivity index (χ4v) is 2.87. The van der Waals surface area contributed by atoms with E-state index in [0.29, 0.717) is 24.5 Å². The van der Waals surface area contributed by atoms with Gasteiger partial charge >= 0.3 is 0 Å². The van der Waals surface area contributed by atoms with Gasteiger partial charge in [-0.3, -0.25) is 14.9 Å². The summed E-state index contributed by atoms with van der Waals surface area (Å²) in [6.07, 6.45) is -0.540. The Balaban J connectivity index is 1.92. The average molecular weight is 390 g/mol. The van der Waals surface area contributed by atoms with Crippen molar-refractivity contribution in [3.05, 3.63) is 23.2 Å². The second-order valence-electron chi connectivity index (χ2n) is 5.98. The van der Waals surface area contributed by atoms with E-state index >= 15 is 0 Å². The summed E-state index contributed by atoms with van der Waals surface area (Å²) >= 11 is 6.11. The second-order valence-corrected chi connectivity index (χ2v) is 6.39. The molecule has 1 aromatic rings. The van der Waals surface area contributed by atoms with E-state index in [2.05, 4.69) is 10.6 Å². The molecular weight excluding hydrogens is 368 g/mol. The molecule has 0 saturated carbocycles. The number of benzene rings is 1. The molecule has 0 spiro atoms. The SMILES string of the molecule is CCN(CC)C(=O)COc1ccc(NC(=O)C2CC(F)(F)CN2)cc1Cl. The first-order chi connectivity index (χ1) is 12.3. The van der Waals surface area contributed by atoms with Gasteiger partial charge in [0.25, 0.3) is 11.8 Å². The van der Waals surface area contributed by atoms with Crippen LogP contribution in [0.15, 0.2) is 18.2 Å². The molecule has 1 atom stereocenters. The summed E-state index contributed by atoms with van der Waals surface area (Å²) in [5, 5.41) is 5.23. The first kappa shape index (κ1) is 20.4. The van der Waals surface area contributed by atoms with Crippen LogP contribution >= 0.6 is 11.6 Å². The topological polar surface area (TPSA) is 70.7 Å². The summed E-state index contributed by atoms with van der Waals surface area (Å²) in [6.45, 7) is 4.27. The summed E-state index contributed by atoms with van der Waals surface area (Å²) in [6, 6.07) is 3.55. The molecule has 0 radical (unpaired) electrons. The molecule has 2 N–H and O–H groups in total. The number of nitrogens with one attached hydrogen (secondary N) is 2. The maximum atomic E-state index is 13.2. The molecule has 0 aromatic heterocycles. The van der Waals surface area contributed by atoms with Crippen LogP contribution in [0.2, 0.25) is 5.02 Å². The quantitative estimate of drug-likeness (QED) is 0.751. The molecule has 2 rings (SSSR count). The van der Waals surface area contributed by atoms with E-state index in [4.69, 9.17) is 16.3 Å². The third-order valence-electron chi connectivity index (χ3n) is 4.09. The molecule has 144 valence electrons. The number of amides is 2. The van der Waals surface area contributed by atoms with Crippen LogP contribution < -0.4 is 15.4 Å². The fraction of sp³-hybridized carbons (Fsp3) is 0.529. The molecule has 1 fully saturated rings. The van der Waals surface area contributed by atoms with E-state index in [0.717, 1.165) is 0 Å². The van der Waals surface area contributed by atoms with Gasteiger partial charge in [0, 0.05) is 25.2 Å². The molecular formula is C17H22ClF2N3O3. The molecule has 1 aliphatic rings. The van der Waals surface area contributed by atoms with Crippen LogP contribution in [0.3, 0.4) is 0 Å². The van der Waals surface area contributed by atoms with Gasteiger partial charge in [0.15, 0.2) is 6.61 Å². The van der Waals surface area contributed by atoms with Gasteiger partial charge < -0.3 is 15.0 Å². The molecule has 9 heteroatoms. The monoisotopic (exact) mass is 389 g/mol. The first-order valence-electron chi connectivity index (χ1n) is 8.38. The maximum absolute atomic E-state index is 13.2. The Hall–Kier alpha value is -1.93. The Morgan fingerprint density at radius 3 is 2.62 bits per heavy atom. The molecule has 1 unspecified atom stereocenters. The highest BCUT2D eigenvalue weighted by Crippen LogP contribution is 2.29. The van der Waals surface area contributed by atoms with Gasteiger partial charge in [-0.25, -0.2) is 8.78 Å². The molecule has 26 heavy (non-hydrogen) atoms. The normalized spacial score (nSPS) is 18.4. The van der Waals surface area contributed by atoms with E-state index in [1.165, 1.54) is 18.2 Å². The average Bonchev–Trinajstić information content (AvgIpc) is 2.95. The van der Waals surface area contributed by atoms with Gasteiger partial charge in [-0.15, -0.1) is 0 Å². The van der Waals surface area contributed by atoms with Crippen molar-refractivity contribution in [1.82, 2.24) is 10.2 Å². The minimum Gasteiger partial charge on any atom is -0.482 e. The van der Waals surface area contributed by atoms with Crippen molar-refractivity contribution in [1.29, 1.82) is 0 Å². The number of ether oxygens (including phenoxy) is 1. The smallest absolute Gasteiger partial charge is 0.262 e. The number of halogens is 3. The summed E-state index contributed by atoms with van der Waals surface area (Å²) in [4.78, 5) is 25.6. The van der Waals surface area contributed by atoms with Crippen LogP contribution in [0.5, 0.6) is 5.75 Å². The number of rotatable bonds is 7. The number of carbonyl (C=O) groups excluding carboxylic acids is 2. The zero-order valence-electron chi connectivity index (χ0n) is 14.7. The summed E-state index contributed by atoms with van der Waals surface area (Å²) in [5.74, 6) is -3.29. The lowest BCUT2D eigenvalue weighted by Crippen LogP contribution is -2.35. The lowest BCUT2D eigenvalue weighted by Gasteiger charge is -2.19. The molecule has 2 amide bonds. The number of nitrogens with zero attached hydrogens (tertiary/aromatic N) is 1. The highest BCUT2D eigenvalue weighted by Gasteiger charge is 2.42. The number of hydrogen-bond donors (Lipinski definition) is 2. The van der Waals surface area contributed by atoms with Crippen molar-refractivity contribution >= 4 is 29.1 Å². The standard InChI is InChI=1S/C17H22ClF2N3O3/c1-3-23(4-2)15(24)9-26-14-6-5-11(7-12(14)18)22-16(25)13-8-17(19,20)10-21-13/h5-7,13,21H,3-4,8-10H2,1-2H3,(H,22,25). The number of hydrogen-bond acceptors (Lipinski definition) is 4. The Morgan fingerprint density at radius 1 is 1.38 bits per heavy atom. The largest absolute Gasteiger partial charge is 0.482 e. The van der Waals surface area contributed by atoms with Crippen molar-refractivity contribution < 1.29 is 23.1 Å². The molecule has 1 aliphatic heterocycles. The lowest BCUT2D eigenvalue weighted by molar-refractivity contribution is -0.133. The number of carbonyl (C=O) groups is 2. The van der Waals surface area contributed by atoms with Crippen LogP contribution in [0.4, 0.5) is 14.5 Å². The number of likely N-dealkylation sites (N-methyl/N-ethyl adjacent to an activating group) is 1. The summed E-state index contributed by atoms with van der Waals surface area (Å²) in [5.41, 5.74) is 0.361. The highest BCUT2D eigenvalue weighted by molar-refractivity contribution is 6.32. The van der Waals surface area contributed by atoms with Crippen LogP contribution in [-0.4, -0.2) is 54.9 Å². The van der Waals surface area contributed by atoms with Gasteiger partial charge in [-0.1, -0.05) is 11.6 Å². The van der Waals surface area contributed by atoms with Crippen molar-refractivity contribution in [3.8, 4) is 5.75 Å². The molecule has 1 heterocycles. The predicted octanol–water partition coefficient (Wildman–Crippen LogP) is 2.52. The Bertz CT molecular complexity index is 669. The van der Waals surface area contributed by atoms with E-state index in [-0.39, 0.29) is 17.5 Å². The van der Waals surface area contributed by atoms with Crippen LogP contribution in [0.1, 0.15) is 20.3 Å². The zero-order chi connectivity index (χ0) is 19.3. The minimum absolute atomic E-state index is 0.145. The zero-order valence-corrected chi connectivity index (χ0v) is 15.4. The molecule has 0 aliphatic carbocycles. The van der Waals surface area contributed by atoms with Crippen LogP contribution in [0, 0.1) is 0 Å². The van der Waals surface area contributed by atoms with Gasteiger partial charge in [0.1, 0.15) is 5.75 Å². The third kappa shape index (κ3) is 5.28. The minimum atomic E-state index is -2.88. The Labute approximate surface area is 155 Å². The highest BCUT2D eigenvalue weighted by atomic mass is 35.5. The summed E-state index contributed by atoms with van der Waals surface area (Å²) < 4.78 is 31.7. The van der Waals surface area contributed by atoms with Crippen molar-refractivity contribution in [2.75, 3.05) is 31.6 Å². The lowest BCUT2D eigenvalue weighted by atomic mass is 10.2. The van der Waals surface area contributed by atoms with Crippen molar-refractivity contribution in [2.45, 2.75) is 32.2 Å². The van der Waals surface area contributed by atoms with Gasteiger partial charge in [-0.05, 0) is 32.0 Å². The molecule has 1 saturated heterocycles. The third-order valence-corrected chi connectivity index (χ3v) is 4.39. The first-order valence-corrected chi connectivity index (χ1v) is 8.75. The van der Waals surface area contributed by atoms with Crippen molar-refractivity contribution in [3.63, 3.8) is 0 Å². The van der Waals surface area contributed by atoms with E-state index < -0.39 is 30.8 Å². The van der Waals surface area contributed by atoms with E-state index in [1.54, 1.807) is 4.90 Å². The second kappa shape index (κ2) is 8.64. The fourth-order valence-electron chi connectivity index (χ4n) is 2.63. The number of anilines is 1. The summed E-state index contributed by atoms with van der Waals surface area (Å²) in [7, 11) is 0. The Kier molecular flexibility index (Phi) is 6.77. The van der Waals surface area contributed by atoms with Gasteiger partial charge in [0.05, 0.1) is 17.6 Å². The van der Waals surface area contributed by atoms with Gasteiger partial charge in [-0.2, -0.15) is 0 Å². The Morgan fingerprint density at radius 2 is 2.08 bits per heavy atom. The van der Waals surface area contributed by atoms with E-state index in [1.807, 2.05) is 13.8 Å². The molecule has 0 bridgehead atoms. The van der Waals surface area contributed by atoms with Crippen molar-refractivity contribution in [2.24, 2.45) is 0 Å².